The van der Waals surface area contributed by atoms with E-state index >= 15 is 0 Å². The maximum Gasteiger partial charge on any atom is 0.191 e. The molecule has 3 rings (SSSR count). The summed E-state index contributed by atoms with van der Waals surface area (Å²) in [7, 11) is 0. The van der Waals surface area contributed by atoms with Crippen molar-refractivity contribution in [3.8, 4) is 0 Å². The molecule has 168 valence electrons. The molecule has 0 spiro atoms. The molecule has 8 heteroatoms. The van der Waals surface area contributed by atoms with E-state index in [-0.39, 0.29) is 24.0 Å². The van der Waals surface area contributed by atoms with Crippen molar-refractivity contribution in [1.29, 1.82) is 0 Å². The first-order valence-corrected chi connectivity index (χ1v) is 10.8. The summed E-state index contributed by atoms with van der Waals surface area (Å²) in [5, 5.41) is 15.3. The first-order chi connectivity index (χ1) is 14.7. The van der Waals surface area contributed by atoms with Gasteiger partial charge in [-0.05, 0) is 57.0 Å². The van der Waals surface area contributed by atoms with E-state index in [1.165, 1.54) is 11.3 Å². The van der Waals surface area contributed by atoms with Crippen molar-refractivity contribution in [3.63, 3.8) is 0 Å². The number of aryl methyl sites for hydroxylation is 2. The number of likely N-dealkylation sites (N-methyl/N-ethyl adjacent to an activating group) is 1. The second-order valence-electron chi connectivity index (χ2n) is 7.25. The molecular formula is C23H34IN7. The average Bonchev–Trinajstić information content (AvgIpc) is 3.17. The number of fused-ring (bicyclic) bond motifs is 1. The van der Waals surface area contributed by atoms with Crippen molar-refractivity contribution in [2.45, 2.75) is 33.6 Å². The number of rotatable bonds is 10. The van der Waals surface area contributed by atoms with Crippen LogP contribution in [0.4, 0.5) is 5.69 Å². The minimum absolute atomic E-state index is 0. The normalized spacial score (nSPS) is 11.3. The summed E-state index contributed by atoms with van der Waals surface area (Å²) in [6.07, 6.45) is 3.79. The summed E-state index contributed by atoms with van der Waals surface area (Å²) in [5.41, 5.74) is 3.44. The zero-order valence-electron chi connectivity index (χ0n) is 18.7. The van der Waals surface area contributed by atoms with Gasteiger partial charge in [-0.1, -0.05) is 18.2 Å². The number of aliphatic imine (C=N–C) groups is 1. The molecule has 0 amide bonds. The largest absolute Gasteiger partial charge is 0.370 e. The Morgan fingerprint density at radius 1 is 1.10 bits per heavy atom. The number of benzene rings is 1. The highest BCUT2D eigenvalue weighted by atomic mass is 127. The molecule has 0 aliphatic rings. The number of anilines is 1. The molecular weight excluding hydrogens is 501 g/mol. The molecule has 0 saturated heterocycles. The molecule has 0 aliphatic heterocycles. The van der Waals surface area contributed by atoms with Crippen LogP contribution in [0.1, 0.15) is 31.7 Å². The molecule has 0 radical (unpaired) electrons. The van der Waals surface area contributed by atoms with E-state index in [9.17, 15) is 0 Å². The van der Waals surface area contributed by atoms with Gasteiger partial charge in [-0.15, -0.1) is 34.2 Å². The van der Waals surface area contributed by atoms with Crippen molar-refractivity contribution in [2.24, 2.45) is 4.99 Å². The molecule has 0 aliphatic carbocycles. The van der Waals surface area contributed by atoms with Crippen LogP contribution in [0.3, 0.4) is 0 Å². The van der Waals surface area contributed by atoms with Gasteiger partial charge in [0.25, 0.3) is 0 Å². The highest BCUT2D eigenvalue weighted by molar-refractivity contribution is 14.0. The molecule has 0 fully saturated rings. The van der Waals surface area contributed by atoms with Gasteiger partial charge >= 0.3 is 0 Å². The summed E-state index contributed by atoms with van der Waals surface area (Å²) in [6.45, 7) is 10.7. The van der Waals surface area contributed by atoms with Gasteiger partial charge in [-0.3, -0.25) is 9.39 Å². The van der Waals surface area contributed by atoms with E-state index in [0.717, 1.165) is 63.0 Å². The smallest absolute Gasteiger partial charge is 0.191 e. The number of hydrogen-bond acceptors (Lipinski definition) is 4. The number of guanidine groups is 1. The zero-order chi connectivity index (χ0) is 21.2. The van der Waals surface area contributed by atoms with Gasteiger partial charge in [0.2, 0.25) is 0 Å². The predicted octanol–water partition coefficient (Wildman–Crippen LogP) is 3.67. The lowest BCUT2D eigenvalue weighted by atomic mass is 10.2. The second kappa shape index (κ2) is 13.1. The lowest BCUT2D eigenvalue weighted by Crippen LogP contribution is -2.41. The van der Waals surface area contributed by atoms with Crippen molar-refractivity contribution in [1.82, 2.24) is 25.2 Å². The SMILES string of the molecule is CCNC(=NCCCc1nnc2ccccn12)NCCN(CC)c1cccc(C)c1.I. The number of nitrogens with one attached hydrogen (secondary N) is 2. The van der Waals surface area contributed by atoms with Crippen LogP contribution in [0, 0.1) is 6.92 Å². The Morgan fingerprint density at radius 3 is 2.74 bits per heavy atom. The number of nitrogens with zero attached hydrogens (tertiary/aromatic N) is 5. The van der Waals surface area contributed by atoms with E-state index in [4.69, 9.17) is 4.99 Å². The van der Waals surface area contributed by atoms with Gasteiger partial charge in [0.15, 0.2) is 11.6 Å². The highest BCUT2D eigenvalue weighted by Gasteiger charge is 2.06. The third kappa shape index (κ3) is 7.37. The monoisotopic (exact) mass is 535 g/mol. The molecule has 0 unspecified atom stereocenters. The molecule has 0 saturated carbocycles. The Bertz CT molecular complexity index is 954. The van der Waals surface area contributed by atoms with Crippen molar-refractivity contribution in [2.75, 3.05) is 37.6 Å². The van der Waals surface area contributed by atoms with Gasteiger partial charge in [0, 0.05) is 51.0 Å². The van der Waals surface area contributed by atoms with Crippen LogP contribution in [0.2, 0.25) is 0 Å². The number of hydrogen-bond donors (Lipinski definition) is 2. The molecule has 2 aromatic heterocycles. The third-order valence-corrected chi connectivity index (χ3v) is 4.98. The number of halogens is 1. The number of pyridine rings is 1. The van der Waals surface area contributed by atoms with Crippen LogP contribution in [0.25, 0.3) is 5.65 Å². The average molecular weight is 535 g/mol. The Morgan fingerprint density at radius 2 is 1.97 bits per heavy atom. The molecule has 2 N–H and O–H groups in total. The van der Waals surface area contributed by atoms with Crippen LogP contribution in [0.5, 0.6) is 0 Å². The minimum atomic E-state index is 0. The van der Waals surface area contributed by atoms with Gasteiger partial charge < -0.3 is 15.5 Å². The highest BCUT2D eigenvalue weighted by Crippen LogP contribution is 2.15. The van der Waals surface area contributed by atoms with E-state index in [1.54, 1.807) is 0 Å². The van der Waals surface area contributed by atoms with E-state index in [2.05, 4.69) is 70.8 Å². The Kier molecular flexibility index (Phi) is 10.6. The molecule has 3 aromatic rings. The first-order valence-electron chi connectivity index (χ1n) is 10.8. The predicted molar refractivity (Wildman–Crippen MR) is 140 cm³/mol. The lowest BCUT2D eigenvalue weighted by Gasteiger charge is -2.24. The fourth-order valence-electron chi connectivity index (χ4n) is 3.43. The summed E-state index contributed by atoms with van der Waals surface area (Å²) in [4.78, 5) is 7.10. The Hall–Kier alpha value is -2.36. The molecule has 0 atom stereocenters. The van der Waals surface area contributed by atoms with Crippen molar-refractivity contribution < 1.29 is 0 Å². The maximum atomic E-state index is 4.72. The Labute approximate surface area is 202 Å². The van der Waals surface area contributed by atoms with E-state index in [1.807, 2.05) is 28.8 Å². The van der Waals surface area contributed by atoms with Gasteiger partial charge in [0.05, 0.1) is 0 Å². The molecule has 0 bridgehead atoms. The standard InChI is InChI=1S/C23H33N7.HI/c1-4-24-23(26-15-17-29(5-2)20-11-8-10-19(3)18-20)25-14-9-13-22-28-27-21-12-6-7-16-30(21)22;/h6-8,10-12,16,18H,4-5,9,13-15,17H2,1-3H3,(H2,24,25,26);1H. The molecule has 2 heterocycles. The second-order valence-corrected chi connectivity index (χ2v) is 7.25. The summed E-state index contributed by atoms with van der Waals surface area (Å²) in [5.74, 6) is 1.85. The lowest BCUT2D eigenvalue weighted by molar-refractivity contribution is 0.735. The maximum absolute atomic E-state index is 4.72. The molecule has 7 nitrogen and oxygen atoms in total. The van der Waals surface area contributed by atoms with E-state index in [0.29, 0.717) is 0 Å². The topological polar surface area (TPSA) is 69.8 Å². The van der Waals surface area contributed by atoms with Gasteiger partial charge in [0.1, 0.15) is 5.82 Å². The van der Waals surface area contributed by atoms with Crippen molar-refractivity contribution in [3.05, 3.63) is 60.0 Å². The summed E-state index contributed by atoms with van der Waals surface area (Å²) < 4.78 is 2.04. The van der Waals surface area contributed by atoms with Gasteiger partial charge in [-0.2, -0.15) is 0 Å². The van der Waals surface area contributed by atoms with E-state index < -0.39 is 0 Å². The third-order valence-electron chi connectivity index (χ3n) is 4.98. The fraction of sp³-hybridized carbons (Fsp3) is 0.435. The summed E-state index contributed by atoms with van der Waals surface area (Å²) in [6, 6.07) is 14.6. The van der Waals surface area contributed by atoms with Crippen LogP contribution in [-0.2, 0) is 6.42 Å². The van der Waals surface area contributed by atoms with Crippen LogP contribution in [0.15, 0.2) is 53.7 Å². The molecule has 1 aromatic carbocycles. The first kappa shape index (κ1) is 24.9. The summed E-state index contributed by atoms with van der Waals surface area (Å²) >= 11 is 0. The molecule has 31 heavy (non-hydrogen) atoms. The Balaban J connectivity index is 0.00000341. The van der Waals surface area contributed by atoms with Crippen LogP contribution in [-0.4, -0.2) is 53.3 Å². The zero-order valence-corrected chi connectivity index (χ0v) is 21.0. The van der Waals surface area contributed by atoms with Crippen LogP contribution < -0.4 is 15.5 Å². The number of aromatic nitrogens is 3. The quantitative estimate of drug-likeness (QED) is 0.180. The van der Waals surface area contributed by atoms with Crippen LogP contribution >= 0.6 is 24.0 Å². The minimum Gasteiger partial charge on any atom is -0.370 e. The van der Waals surface area contributed by atoms with Gasteiger partial charge in [-0.25, -0.2) is 0 Å². The van der Waals surface area contributed by atoms with Crippen molar-refractivity contribution >= 4 is 41.3 Å². The fourth-order valence-corrected chi connectivity index (χ4v) is 3.43.